The fourth-order valence-electron chi connectivity index (χ4n) is 1.96. The molecule has 1 atom stereocenters. The fraction of sp³-hybridized carbons (Fsp3) is 0.286. The van der Waals surface area contributed by atoms with Crippen molar-refractivity contribution in [1.82, 2.24) is 5.32 Å². The zero-order chi connectivity index (χ0) is 16.3. The highest BCUT2D eigenvalue weighted by Gasteiger charge is 2.30. The van der Waals surface area contributed by atoms with Crippen LogP contribution in [0.15, 0.2) is 18.2 Å². The van der Waals surface area contributed by atoms with Crippen LogP contribution in [0.4, 0.5) is 0 Å². The number of esters is 2. The molecule has 1 amide bonds. The van der Waals surface area contributed by atoms with E-state index >= 15 is 0 Å². The molecule has 2 N–H and O–H groups in total. The van der Waals surface area contributed by atoms with Gasteiger partial charge in [0.15, 0.2) is 0 Å². The number of benzene rings is 1. The van der Waals surface area contributed by atoms with Crippen molar-refractivity contribution >= 4 is 35.6 Å². The van der Waals surface area contributed by atoms with Gasteiger partial charge in [0.2, 0.25) is 0 Å². The van der Waals surface area contributed by atoms with Crippen LogP contribution in [-0.4, -0.2) is 47.0 Å². The molecule has 7 nitrogen and oxygen atoms in total. The highest BCUT2D eigenvalue weighted by molar-refractivity contribution is 7.98. The third-order valence-electron chi connectivity index (χ3n) is 3.12. The Hall–Kier alpha value is -2.35. The molecule has 0 bridgehead atoms. The number of carboxylic acids is 1. The molecule has 0 spiro atoms. The van der Waals surface area contributed by atoms with Gasteiger partial charge in [-0.05, 0) is 36.6 Å². The Morgan fingerprint density at radius 3 is 2.59 bits per heavy atom. The maximum Gasteiger partial charge on any atom is 0.346 e. The van der Waals surface area contributed by atoms with Gasteiger partial charge in [-0.1, -0.05) is 0 Å². The highest BCUT2D eigenvalue weighted by atomic mass is 32.2. The Kier molecular flexibility index (Phi) is 4.81. The van der Waals surface area contributed by atoms with Crippen LogP contribution in [-0.2, 0) is 9.53 Å². The molecule has 2 rings (SSSR count). The van der Waals surface area contributed by atoms with Crippen molar-refractivity contribution < 1.29 is 29.0 Å². The van der Waals surface area contributed by atoms with E-state index in [2.05, 4.69) is 10.1 Å². The van der Waals surface area contributed by atoms with E-state index < -0.39 is 29.9 Å². The first-order valence-corrected chi connectivity index (χ1v) is 7.76. The summed E-state index contributed by atoms with van der Waals surface area (Å²) < 4.78 is 4.43. The van der Waals surface area contributed by atoms with Crippen molar-refractivity contribution in [3.05, 3.63) is 34.9 Å². The standard InChI is InChI=1S/C14H13NO6S/c1-22-5-4-10(12(17)18)15-11(16)7-2-3-8-9(6-7)14(20)21-13(8)19/h2-3,6,10H,4-5H2,1H3,(H,15,16)(H,17,18). The van der Waals surface area contributed by atoms with Gasteiger partial charge in [-0.15, -0.1) is 0 Å². The summed E-state index contributed by atoms with van der Waals surface area (Å²) in [5.41, 5.74) is 0.202. The minimum absolute atomic E-state index is 0.00800. The Bertz CT molecular complexity index is 657. The van der Waals surface area contributed by atoms with Crippen LogP contribution in [0, 0.1) is 0 Å². The van der Waals surface area contributed by atoms with Crippen LogP contribution in [0.5, 0.6) is 0 Å². The van der Waals surface area contributed by atoms with Crippen LogP contribution < -0.4 is 5.32 Å². The SMILES string of the molecule is CSCCC(NC(=O)c1ccc2c(c1)C(=O)OC2=O)C(=O)O. The number of carbonyl (C=O) groups excluding carboxylic acids is 3. The van der Waals surface area contributed by atoms with E-state index in [1.54, 1.807) is 0 Å². The lowest BCUT2D eigenvalue weighted by molar-refractivity contribution is -0.139. The number of rotatable bonds is 6. The van der Waals surface area contributed by atoms with Gasteiger partial charge in [0, 0.05) is 5.56 Å². The lowest BCUT2D eigenvalue weighted by Gasteiger charge is -2.14. The van der Waals surface area contributed by atoms with Crippen LogP contribution in [0.1, 0.15) is 37.5 Å². The number of carboxylic acid groups (broad SMARTS) is 1. The van der Waals surface area contributed by atoms with Crippen molar-refractivity contribution in [2.75, 3.05) is 12.0 Å². The molecular weight excluding hydrogens is 310 g/mol. The molecule has 1 aliphatic rings. The van der Waals surface area contributed by atoms with E-state index in [1.807, 2.05) is 6.26 Å². The first-order chi connectivity index (χ1) is 10.4. The average molecular weight is 323 g/mol. The van der Waals surface area contributed by atoms with E-state index in [0.29, 0.717) is 5.75 Å². The van der Waals surface area contributed by atoms with Crippen LogP contribution in [0.25, 0.3) is 0 Å². The van der Waals surface area contributed by atoms with Gasteiger partial charge in [-0.2, -0.15) is 11.8 Å². The van der Waals surface area contributed by atoms with Crippen molar-refractivity contribution in [3.8, 4) is 0 Å². The molecule has 0 radical (unpaired) electrons. The number of ether oxygens (including phenoxy) is 1. The number of thioether (sulfide) groups is 1. The zero-order valence-electron chi connectivity index (χ0n) is 11.6. The predicted molar refractivity (Wildman–Crippen MR) is 78.1 cm³/mol. The summed E-state index contributed by atoms with van der Waals surface area (Å²) in [5.74, 6) is -2.73. The van der Waals surface area contributed by atoms with Gasteiger partial charge in [-0.25, -0.2) is 14.4 Å². The molecule has 1 aromatic rings. The van der Waals surface area contributed by atoms with Gasteiger partial charge >= 0.3 is 17.9 Å². The number of hydrogen-bond acceptors (Lipinski definition) is 6. The summed E-state index contributed by atoms with van der Waals surface area (Å²) in [5, 5.41) is 11.5. The third kappa shape index (κ3) is 3.28. The Morgan fingerprint density at radius 1 is 1.27 bits per heavy atom. The summed E-state index contributed by atoms with van der Waals surface area (Å²) in [4.78, 5) is 46.0. The Balaban J connectivity index is 2.16. The number of hydrogen-bond donors (Lipinski definition) is 2. The molecule has 1 unspecified atom stereocenters. The maximum absolute atomic E-state index is 12.1. The fourth-order valence-corrected chi connectivity index (χ4v) is 2.43. The average Bonchev–Trinajstić information content (AvgIpc) is 2.77. The van der Waals surface area contributed by atoms with Crippen molar-refractivity contribution in [3.63, 3.8) is 0 Å². The van der Waals surface area contributed by atoms with Crippen molar-refractivity contribution in [2.24, 2.45) is 0 Å². The largest absolute Gasteiger partial charge is 0.480 e. The second-order valence-corrected chi connectivity index (χ2v) is 5.57. The summed E-state index contributed by atoms with van der Waals surface area (Å²) >= 11 is 1.47. The van der Waals surface area contributed by atoms with E-state index in [1.165, 1.54) is 30.0 Å². The monoisotopic (exact) mass is 323 g/mol. The first kappa shape index (κ1) is 16.0. The lowest BCUT2D eigenvalue weighted by atomic mass is 10.0. The van der Waals surface area contributed by atoms with E-state index in [0.717, 1.165) is 0 Å². The summed E-state index contributed by atoms with van der Waals surface area (Å²) in [6.45, 7) is 0. The molecule has 0 fully saturated rings. The molecule has 0 aliphatic carbocycles. The predicted octanol–water partition coefficient (Wildman–Crippen LogP) is 0.933. The lowest BCUT2D eigenvalue weighted by Crippen LogP contribution is -2.41. The van der Waals surface area contributed by atoms with Crippen LogP contribution in [0.3, 0.4) is 0 Å². The number of cyclic esters (lactones) is 2. The van der Waals surface area contributed by atoms with Gasteiger partial charge in [0.1, 0.15) is 6.04 Å². The summed E-state index contributed by atoms with van der Waals surface area (Å²) in [6, 6.07) is 2.88. The summed E-state index contributed by atoms with van der Waals surface area (Å²) in [7, 11) is 0. The molecule has 1 aromatic carbocycles. The van der Waals surface area contributed by atoms with Crippen LogP contribution in [0.2, 0.25) is 0 Å². The molecule has 0 aromatic heterocycles. The normalized spacial score (nSPS) is 14.2. The quantitative estimate of drug-likeness (QED) is 0.592. The maximum atomic E-state index is 12.1. The van der Waals surface area contributed by atoms with E-state index in [4.69, 9.17) is 5.11 Å². The van der Waals surface area contributed by atoms with Gasteiger partial charge < -0.3 is 15.2 Å². The molecular formula is C14H13NO6S. The highest BCUT2D eigenvalue weighted by Crippen LogP contribution is 2.21. The molecule has 1 heterocycles. The number of aliphatic carboxylic acids is 1. The van der Waals surface area contributed by atoms with Gasteiger partial charge in [0.25, 0.3) is 5.91 Å². The first-order valence-electron chi connectivity index (χ1n) is 6.37. The van der Waals surface area contributed by atoms with E-state index in [-0.39, 0.29) is 23.1 Å². The number of nitrogens with one attached hydrogen (secondary N) is 1. The minimum atomic E-state index is -1.13. The van der Waals surface area contributed by atoms with Gasteiger partial charge in [0.05, 0.1) is 11.1 Å². The minimum Gasteiger partial charge on any atom is -0.480 e. The molecule has 0 saturated carbocycles. The molecule has 0 saturated heterocycles. The van der Waals surface area contributed by atoms with Gasteiger partial charge in [-0.3, -0.25) is 4.79 Å². The van der Waals surface area contributed by atoms with E-state index in [9.17, 15) is 19.2 Å². The second-order valence-electron chi connectivity index (χ2n) is 4.58. The molecule has 116 valence electrons. The number of carbonyl (C=O) groups is 4. The molecule has 8 heteroatoms. The number of amides is 1. The van der Waals surface area contributed by atoms with Crippen LogP contribution >= 0.6 is 11.8 Å². The Labute approximate surface area is 130 Å². The zero-order valence-corrected chi connectivity index (χ0v) is 12.4. The molecule has 1 aliphatic heterocycles. The van der Waals surface area contributed by atoms with Crippen molar-refractivity contribution in [2.45, 2.75) is 12.5 Å². The topological polar surface area (TPSA) is 110 Å². The number of fused-ring (bicyclic) bond motifs is 1. The smallest absolute Gasteiger partial charge is 0.346 e. The third-order valence-corrected chi connectivity index (χ3v) is 3.77. The molecule has 22 heavy (non-hydrogen) atoms. The second kappa shape index (κ2) is 6.61. The van der Waals surface area contributed by atoms with Crippen molar-refractivity contribution in [1.29, 1.82) is 0 Å². The summed E-state index contributed by atoms with van der Waals surface area (Å²) in [6.07, 6.45) is 2.12. The Morgan fingerprint density at radius 2 is 1.95 bits per heavy atom.